The van der Waals surface area contributed by atoms with Gasteiger partial charge in [0.2, 0.25) is 5.91 Å². The third-order valence-corrected chi connectivity index (χ3v) is 2.00. The molecule has 0 spiro atoms. The van der Waals surface area contributed by atoms with Gasteiger partial charge in [-0.3, -0.25) is 14.9 Å². The fraction of sp³-hybridized carbons (Fsp3) is 0.182. The lowest BCUT2D eigenvalue weighted by Gasteiger charge is -1.98. The molecule has 0 bridgehead atoms. The van der Waals surface area contributed by atoms with Crippen molar-refractivity contribution < 1.29 is 9.72 Å². The molecule has 5 nitrogen and oxygen atoms in total. The van der Waals surface area contributed by atoms with E-state index in [-0.39, 0.29) is 12.1 Å². The molecule has 0 saturated carbocycles. The molecule has 0 unspecified atom stereocenters. The Morgan fingerprint density at radius 1 is 1.56 bits per heavy atom. The number of hydrogen-bond donors (Lipinski definition) is 1. The van der Waals surface area contributed by atoms with Crippen LogP contribution in [0.2, 0.25) is 0 Å². The summed E-state index contributed by atoms with van der Waals surface area (Å²) in [7, 11) is 0. The van der Waals surface area contributed by atoms with Gasteiger partial charge in [-0.15, -0.1) is 0 Å². The van der Waals surface area contributed by atoms with Gasteiger partial charge in [-0.2, -0.15) is 0 Å². The van der Waals surface area contributed by atoms with Gasteiger partial charge in [-0.1, -0.05) is 18.2 Å². The SMILES string of the molecule is Cc1ccc(C=CCC(N)=O)c([N+](=O)[O-])c1. The molecule has 0 aromatic heterocycles. The predicted octanol–water partition coefficient (Wildman–Crippen LogP) is 1.79. The average molecular weight is 220 g/mol. The van der Waals surface area contributed by atoms with Crippen molar-refractivity contribution in [2.24, 2.45) is 5.73 Å². The van der Waals surface area contributed by atoms with Gasteiger partial charge in [0.05, 0.1) is 10.5 Å². The molecule has 5 heteroatoms. The van der Waals surface area contributed by atoms with Crippen molar-refractivity contribution in [3.05, 3.63) is 45.5 Å². The topological polar surface area (TPSA) is 86.2 Å². The van der Waals surface area contributed by atoms with Gasteiger partial charge < -0.3 is 5.73 Å². The van der Waals surface area contributed by atoms with Crippen LogP contribution in [0.25, 0.3) is 6.08 Å². The molecule has 1 rings (SSSR count). The van der Waals surface area contributed by atoms with E-state index in [1.807, 2.05) is 0 Å². The minimum absolute atomic E-state index is 0.0284. The van der Waals surface area contributed by atoms with Crippen molar-refractivity contribution in [3.8, 4) is 0 Å². The zero-order valence-corrected chi connectivity index (χ0v) is 8.84. The molecule has 0 aliphatic carbocycles. The lowest BCUT2D eigenvalue weighted by molar-refractivity contribution is -0.385. The number of nitro benzene ring substituents is 1. The van der Waals surface area contributed by atoms with Crippen LogP contribution in [0.15, 0.2) is 24.3 Å². The first-order valence-corrected chi connectivity index (χ1v) is 4.70. The maximum absolute atomic E-state index is 10.8. The number of carbonyl (C=O) groups is 1. The summed E-state index contributed by atoms with van der Waals surface area (Å²) in [6, 6.07) is 4.91. The Morgan fingerprint density at radius 3 is 2.81 bits per heavy atom. The quantitative estimate of drug-likeness (QED) is 0.619. The highest BCUT2D eigenvalue weighted by atomic mass is 16.6. The highest BCUT2D eigenvalue weighted by molar-refractivity contribution is 5.77. The van der Waals surface area contributed by atoms with Gasteiger partial charge >= 0.3 is 0 Å². The highest BCUT2D eigenvalue weighted by Crippen LogP contribution is 2.21. The summed E-state index contributed by atoms with van der Waals surface area (Å²) >= 11 is 0. The molecule has 0 radical (unpaired) electrons. The zero-order valence-electron chi connectivity index (χ0n) is 8.84. The van der Waals surface area contributed by atoms with E-state index in [1.165, 1.54) is 18.2 Å². The van der Waals surface area contributed by atoms with E-state index in [2.05, 4.69) is 0 Å². The monoisotopic (exact) mass is 220 g/mol. The van der Waals surface area contributed by atoms with Crippen LogP contribution in [-0.4, -0.2) is 10.8 Å². The first-order chi connectivity index (χ1) is 7.50. The standard InChI is InChI=1S/C11H12N2O3/c1-8-5-6-9(3-2-4-11(12)14)10(7-8)13(15)16/h2-3,5-7H,4H2,1H3,(H2,12,14). The van der Waals surface area contributed by atoms with Crippen LogP contribution < -0.4 is 5.73 Å². The van der Waals surface area contributed by atoms with Crippen molar-refractivity contribution >= 4 is 17.7 Å². The first kappa shape index (κ1) is 11.9. The first-order valence-electron chi connectivity index (χ1n) is 4.70. The van der Waals surface area contributed by atoms with Crippen LogP contribution in [0.1, 0.15) is 17.5 Å². The van der Waals surface area contributed by atoms with Crippen LogP contribution in [0.4, 0.5) is 5.69 Å². The van der Waals surface area contributed by atoms with E-state index < -0.39 is 10.8 Å². The number of nitrogens with zero attached hydrogens (tertiary/aromatic N) is 1. The van der Waals surface area contributed by atoms with E-state index in [0.29, 0.717) is 5.56 Å². The summed E-state index contributed by atoms with van der Waals surface area (Å²) in [4.78, 5) is 20.8. The molecule has 84 valence electrons. The van der Waals surface area contributed by atoms with Gasteiger partial charge in [0, 0.05) is 12.5 Å². The van der Waals surface area contributed by atoms with Crippen LogP contribution in [0.3, 0.4) is 0 Å². The third-order valence-electron chi connectivity index (χ3n) is 2.00. The summed E-state index contributed by atoms with van der Waals surface area (Å²) in [6.07, 6.45) is 3.12. The van der Waals surface area contributed by atoms with Gasteiger partial charge in [-0.25, -0.2) is 0 Å². The van der Waals surface area contributed by atoms with Crippen LogP contribution in [0, 0.1) is 17.0 Å². The number of nitro groups is 1. The van der Waals surface area contributed by atoms with Crippen molar-refractivity contribution in [2.45, 2.75) is 13.3 Å². The van der Waals surface area contributed by atoms with Gasteiger partial charge in [0.15, 0.2) is 0 Å². The molecule has 1 aromatic rings. The molecular formula is C11H12N2O3. The maximum atomic E-state index is 10.8. The number of rotatable bonds is 4. The number of carbonyl (C=O) groups excluding carboxylic acids is 1. The second-order valence-corrected chi connectivity index (χ2v) is 3.39. The summed E-state index contributed by atoms with van der Waals surface area (Å²) in [5, 5.41) is 10.8. The lowest BCUT2D eigenvalue weighted by Crippen LogP contribution is -2.07. The Kier molecular flexibility index (Phi) is 3.77. The molecule has 0 atom stereocenters. The van der Waals surface area contributed by atoms with Crippen LogP contribution in [-0.2, 0) is 4.79 Å². The van der Waals surface area contributed by atoms with E-state index >= 15 is 0 Å². The summed E-state index contributed by atoms with van der Waals surface area (Å²) in [5.41, 5.74) is 6.27. The molecular weight excluding hydrogens is 208 g/mol. The summed E-state index contributed by atoms with van der Waals surface area (Å²) in [5.74, 6) is -0.467. The Balaban J connectivity index is 2.99. The average Bonchev–Trinajstić information content (AvgIpc) is 2.19. The van der Waals surface area contributed by atoms with E-state index in [4.69, 9.17) is 5.73 Å². The fourth-order valence-electron chi connectivity index (χ4n) is 1.25. The lowest BCUT2D eigenvalue weighted by atomic mass is 10.1. The number of benzene rings is 1. The number of nitrogens with two attached hydrogens (primary N) is 1. The number of aryl methyl sites for hydroxylation is 1. The molecule has 2 N–H and O–H groups in total. The summed E-state index contributed by atoms with van der Waals surface area (Å²) in [6.45, 7) is 1.78. The molecule has 0 saturated heterocycles. The maximum Gasteiger partial charge on any atom is 0.276 e. The molecule has 0 fully saturated rings. The minimum atomic E-state index is -0.467. The molecule has 16 heavy (non-hydrogen) atoms. The molecule has 0 heterocycles. The summed E-state index contributed by atoms with van der Waals surface area (Å²) < 4.78 is 0. The second kappa shape index (κ2) is 5.06. The van der Waals surface area contributed by atoms with Crippen molar-refractivity contribution in [3.63, 3.8) is 0 Å². The number of hydrogen-bond acceptors (Lipinski definition) is 3. The van der Waals surface area contributed by atoms with E-state index in [1.54, 1.807) is 19.1 Å². The predicted molar refractivity (Wildman–Crippen MR) is 60.7 cm³/mol. The van der Waals surface area contributed by atoms with Crippen molar-refractivity contribution in [2.75, 3.05) is 0 Å². The Labute approximate surface area is 92.7 Å². The third kappa shape index (κ3) is 3.20. The van der Waals surface area contributed by atoms with Gasteiger partial charge in [-0.05, 0) is 18.6 Å². The van der Waals surface area contributed by atoms with Crippen molar-refractivity contribution in [1.29, 1.82) is 0 Å². The van der Waals surface area contributed by atoms with Gasteiger partial charge in [0.25, 0.3) is 5.69 Å². The fourth-order valence-corrected chi connectivity index (χ4v) is 1.25. The molecule has 0 aliphatic heterocycles. The Morgan fingerprint density at radius 2 is 2.25 bits per heavy atom. The zero-order chi connectivity index (χ0) is 12.1. The minimum Gasteiger partial charge on any atom is -0.369 e. The normalized spacial score (nSPS) is 10.6. The molecule has 1 aromatic carbocycles. The Bertz CT molecular complexity index is 453. The largest absolute Gasteiger partial charge is 0.369 e. The highest BCUT2D eigenvalue weighted by Gasteiger charge is 2.10. The Hall–Kier alpha value is -2.17. The second-order valence-electron chi connectivity index (χ2n) is 3.39. The number of primary amides is 1. The van der Waals surface area contributed by atoms with Gasteiger partial charge in [0.1, 0.15) is 0 Å². The van der Waals surface area contributed by atoms with E-state index in [9.17, 15) is 14.9 Å². The van der Waals surface area contributed by atoms with Crippen molar-refractivity contribution in [1.82, 2.24) is 0 Å². The van der Waals surface area contributed by atoms with Crippen LogP contribution >= 0.6 is 0 Å². The smallest absolute Gasteiger partial charge is 0.276 e. The molecule has 1 amide bonds. The van der Waals surface area contributed by atoms with Crippen LogP contribution in [0.5, 0.6) is 0 Å². The van der Waals surface area contributed by atoms with E-state index in [0.717, 1.165) is 5.56 Å². The molecule has 0 aliphatic rings. The number of amides is 1.